The molecule has 0 amide bonds. The Hall–Kier alpha value is -0.400. The van der Waals surface area contributed by atoms with E-state index >= 15 is 0 Å². The van der Waals surface area contributed by atoms with Crippen LogP contribution in [0.1, 0.15) is 11.4 Å². The fourth-order valence-corrected chi connectivity index (χ4v) is 3.08. The molecule has 0 aliphatic carbocycles. The van der Waals surface area contributed by atoms with E-state index in [2.05, 4.69) is 21.0 Å². The summed E-state index contributed by atoms with van der Waals surface area (Å²) in [5.41, 5.74) is 1.78. The third-order valence-corrected chi connectivity index (χ3v) is 5.41. The van der Waals surface area contributed by atoms with E-state index in [9.17, 15) is 8.42 Å². The summed E-state index contributed by atoms with van der Waals surface area (Å²) < 4.78 is 26.7. The molecule has 84 valence electrons. The van der Waals surface area contributed by atoms with Crippen LogP contribution in [0.3, 0.4) is 0 Å². The van der Waals surface area contributed by atoms with Gasteiger partial charge in [-0.05, 0) is 22.9 Å². The van der Waals surface area contributed by atoms with Crippen molar-refractivity contribution in [3.05, 3.63) is 15.9 Å². The Labute approximate surface area is 97.2 Å². The van der Waals surface area contributed by atoms with Gasteiger partial charge >= 0.3 is 0 Å². The molecule has 0 atom stereocenters. The molecule has 1 aliphatic heterocycles. The summed E-state index contributed by atoms with van der Waals surface area (Å²) >= 11 is 3.42. The van der Waals surface area contributed by atoms with Crippen LogP contribution in [0.5, 0.6) is 0 Å². The van der Waals surface area contributed by atoms with Gasteiger partial charge < -0.3 is 0 Å². The molecule has 0 bridgehead atoms. The van der Waals surface area contributed by atoms with Crippen molar-refractivity contribution in [2.75, 3.05) is 12.3 Å². The summed E-state index contributed by atoms with van der Waals surface area (Å²) in [7, 11) is -1.15. The normalized spacial score (nSPS) is 20.2. The molecule has 0 N–H and O–H groups in total. The largest absolute Gasteiger partial charge is 0.270 e. The molecule has 2 rings (SSSR count). The lowest BCUT2D eigenvalue weighted by Gasteiger charge is -2.30. The monoisotopic (exact) mass is 293 g/mol. The Morgan fingerprint density at radius 2 is 2.20 bits per heavy atom. The number of hydrogen-bond acceptors (Lipinski definition) is 3. The van der Waals surface area contributed by atoms with Crippen LogP contribution in [-0.2, 0) is 23.6 Å². The maximum atomic E-state index is 11.3. The SMILES string of the molecule is Cc1nn(C)c(CN2CCS2(=O)=O)c1Br. The highest BCUT2D eigenvalue weighted by Crippen LogP contribution is 2.24. The predicted octanol–water partition coefficient (Wildman–Crippen LogP) is 0.636. The van der Waals surface area contributed by atoms with Gasteiger partial charge in [-0.2, -0.15) is 9.40 Å². The Morgan fingerprint density at radius 3 is 2.53 bits per heavy atom. The number of aromatic nitrogens is 2. The molecule has 2 heterocycles. The van der Waals surface area contributed by atoms with Crippen molar-refractivity contribution in [3.63, 3.8) is 0 Å². The summed E-state index contributed by atoms with van der Waals surface area (Å²) in [5, 5.41) is 4.22. The molecule has 5 nitrogen and oxygen atoms in total. The van der Waals surface area contributed by atoms with E-state index in [4.69, 9.17) is 0 Å². The van der Waals surface area contributed by atoms with Gasteiger partial charge in [-0.3, -0.25) is 4.68 Å². The Kier molecular flexibility index (Phi) is 2.64. The van der Waals surface area contributed by atoms with Gasteiger partial charge in [-0.25, -0.2) is 8.42 Å². The predicted molar refractivity (Wildman–Crippen MR) is 59.8 cm³/mol. The van der Waals surface area contributed by atoms with Gasteiger partial charge in [0, 0.05) is 13.6 Å². The summed E-state index contributed by atoms with van der Waals surface area (Å²) in [6.45, 7) is 2.90. The van der Waals surface area contributed by atoms with Gasteiger partial charge in [0.05, 0.1) is 28.2 Å². The molecule has 15 heavy (non-hydrogen) atoms. The van der Waals surface area contributed by atoms with E-state index in [0.29, 0.717) is 13.1 Å². The third-order valence-electron chi connectivity index (χ3n) is 2.58. The number of aryl methyl sites for hydroxylation is 2. The maximum absolute atomic E-state index is 11.3. The van der Waals surface area contributed by atoms with Gasteiger partial charge in [-0.15, -0.1) is 0 Å². The summed E-state index contributed by atoms with van der Waals surface area (Å²) in [4.78, 5) is 0. The van der Waals surface area contributed by atoms with E-state index in [1.54, 1.807) is 4.68 Å². The van der Waals surface area contributed by atoms with Gasteiger partial charge in [0.15, 0.2) is 0 Å². The summed E-state index contributed by atoms with van der Waals surface area (Å²) in [5.74, 6) is 0.265. The lowest BCUT2D eigenvalue weighted by molar-refractivity contribution is 0.369. The third kappa shape index (κ3) is 1.83. The van der Waals surface area contributed by atoms with Gasteiger partial charge in [-0.1, -0.05) is 0 Å². The average molecular weight is 294 g/mol. The molecule has 0 aromatic carbocycles. The van der Waals surface area contributed by atoms with E-state index in [-0.39, 0.29) is 5.75 Å². The van der Waals surface area contributed by atoms with Crippen molar-refractivity contribution in [2.24, 2.45) is 7.05 Å². The van der Waals surface area contributed by atoms with Crippen molar-refractivity contribution in [1.82, 2.24) is 14.1 Å². The fourth-order valence-electron chi connectivity index (χ4n) is 1.57. The molecule has 1 saturated heterocycles. The minimum Gasteiger partial charge on any atom is -0.270 e. The average Bonchev–Trinajstić information content (AvgIpc) is 2.37. The molecular weight excluding hydrogens is 282 g/mol. The highest BCUT2D eigenvalue weighted by molar-refractivity contribution is 9.10. The van der Waals surface area contributed by atoms with Crippen LogP contribution in [0, 0.1) is 6.92 Å². The van der Waals surface area contributed by atoms with Crippen LogP contribution >= 0.6 is 15.9 Å². The zero-order valence-electron chi connectivity index (χ0n) is 8.57. The van der Waals surface area contributed by atoms with E-state index in [1.807, 2.05) is 14.0 Å². The first-order valence-electron chi connectivity index (χ1n) is 4.57. The van der Waals surface area contributed by atoms with E-state index < -0.39 is 10.0 Å². The zero-order chi connectivity index (χ0) is 11.2. The molecule has 1 aromatic heterocycles. The minimum atomic E-state index is -2.97. The van der Waals surface area contributed by atoms with Crippen molar-refractivity contribution in [3.8, 4) is 0 Å². The highest BCUT2D eigenvalue weighted by Gasteiger charge is 2.33. The van der Waals surface area contributed by atoms with Crippen molar-refractivity contribution in [2.45, 2.75) is 13.5 Å². The standard InChI is InChI=1S/C8H12BrN3O2S/c1-6-8(9)7(11(2)10-6)5-12-3-4-15(12,13)14/h3-5H2,1-2H3. The van der Waals surface area contributed by atoms with Crippen LogP contribution in [-0.4, -0.2) is 34.8 Å². The zero-order valence-corrected chi connectivity index (χ0v) is 11.0. The quantitative estimate of drug-likeness (QED) is 0.804. The van der Waals surface area contributed by atoms with Crippen LogP contribution < -0.4 is 0 Å². The number of halogens is 1. The lowest BCUT2D eigenvalue weighted by atomic mass is 10.3. The smallest absolute Gasteiger partial charge is 0.215 e. The second-order valence-electron chi connectivity index (χ2n) is 3.62. The van der Waals surface area contributed by atoms with Crippen LogP contribution in [0.25, 0.3) is 0 Å². The Morgan fingerprint density at radius 1 is 1.53 bits per heavy atom. The molecule has 1 aromatic rings. The van der Waals surface area contributed by atoms with Crippen molar-refractivity contribution in [1.29, 1.82) is 0 Å². The second kappa shape index (κ2) is 3.57. The summed E-state index contributed by atoms with van der Waals surface area (Å²) in [6, 6.07) is 0. The molecule has 0 radical (unpaired) electrons. The van der Waals surface area contributed by atoms with Crippen LogP contribution in [0.15, 0.2) is 4.47 Å². The van der Waals surface area contributed by atoms with E-state index in [0.717, 1.165) is 15.9 Å². The topological polar surface area (TPSA) is 55.2 Å². The van der Waals surface area contributed by atoms with Gasteiger partial charge in [0.25, 0.3) is 0 Å². The molecule has 1 fully saturated rings. The number of hydrogen-bond donors (Lipinski definition) is 0. The second-order valence-corrected chi connectivity index (χ2v) is 6.50. The first-order valence-corrected chi connectivity index (χ1v) is 6.98. The summed E-state index contributed by atoms with van der Waals surface area (Å²) in [6.07, 6.45) is 0. The highest BCUT2D eigenvalue weighted by atomic mass is 79.9. The molecule has 1 aliphatic rings. The number of nitrogens with zero attached hydrogens (tertiary/aromatic N) is 3. The van der Waals surface area contributed by atoms with Gasteiger partial charge in [0.1, 0.15) is 0 Å². The maximum Gasteiger partial charge on any atom is 0.215 e. The number of rotatable bonds is 2. The van der Waals surface area contributed by atoms with Gasteiger partial charge in [0.2, 0.25) is 10.0 Å². The lowest BCUT2D eigenvalue weighted by Crippen LogP contribution is -2.47. The minimum absolute atomic E-state index is 0.265. The van der Waals surface area contributed by atoms with Crippen LogP contribution in [0.4, 0.5) is 0 Å². The fraction of sp³-hybridized carbons (Fsp3) is 0.625. The van der Waals surface area contributed by atoms with E-state index in [1.165, 1.54) is 4.31 Å². The molecule has 0 unspecified atom stereocenters. The molecule has 7 heteroatoms. The number of sulfonamides is 1. The molecule has 0 saturated carbocycles. The van der Waals surface area contributed by atoms with Crippen LogP contribution in [0.2, 0.25) is 0 Å². The first kappa shape index (κ1) is 11.1. The Balaban J connectivity index is 2.25. The van der Waals surface area contributed by atoms with Crippen molar-refractivity contribution < 1.29 is 8.42 Å². The Bertz CT molecular complexity index is 494. The van der Waals surface area contributed by atoms with Crippen molar-refractivity contribution >= 4 is 26.0 Å². The molecule has 0 spiro atoms. The molecular formula is C8H12BrN3O2S. The first-order chi connectivity index (χ1) is 6.92.